The normalized spacial score (nSPS) is 11.4. The first-order valence-corrected chi connectivity index (χ1v) is 6.73. The molecule has 2 aromatic carbocycles. The third kappa shape index (κ3) is 3.12. The molecule has 20 heavy (non-hydrogen) atoms. The molecule has 0 unspecified atom stereocenters. The smallest absolute Gasteiger partial charge is 0.419 e. The minimum Gasteiger partial charge on any atom is -0.453 e. The molecule has 0 bridgehead atoms. The molecule has 0 spiro atoms. The van der Waals surface area contributed by atoms with Crippen molar-refractivity contribution in [2.24, 2.45) is 0 Å². The van der Waals surface area contributed by atoms with Gasteiger partial charge in [-0.2, -0.15) is 13.2 Å². The summed E-state index contributed by atoms with van der Waals surface area (Å²) in [5.74, 6) is -1.34. The minimum absolute atomic E-state index is 0.207. The molecule has 0 aliphatic carbocycles. The Bertz CT molecular complexity index is 610. The van der Waals surface area contributed by atoms with Crippen LogP contribution in [0, 0.1) is 5.82 Å². The molecular weight excluding hydrogens is 340 g/mol. The lowest BCUT2D eigenvalue weighted by Crippen LogP contribution is -2.07. The van der Waals surface area contributed by atoms with Crippen LogP contribution in [0.1, 0.15) is 11.1 Å². The van der Waals surface area contributed by atoms with Crippen molar-refractivity contribution in [3.63, 3.8) is 0 Å². The molecule has 2 aromatic rings. The summed E-state index contributed by atoms with van der Waals surface area (Å²) < 4.78 is 57.4. The highest BCUT2D eigenvalue weighted by molar-refractivity contribution is 9.08. The standard InChI is InChI=1S/C14H9BrF4O/c15-8-9-4-3-6-11(16)13(9)20-12-7-2-1-5-10(12)14(17,18)19/h1-7H,8H2. The summed E-state index contributed by atoms with van der Waals surface area (Å²) in [7, 11) is 0. The summed E-state index contributed by atoms with van der Waals surface area (Å²) in [6.07, 6.45) is -4.56. The van der Waals surface area contributed by atoms with Crippen molar-refractivity contribution in [3.8, 4) is 11.5 Å². The molecule has 0 saturated heterocycles. The van der Waals surface area contributed by atoms with Crippen molar-refractivity contribution >= 4 is 15.9 Å². The minimum atomic E-state index is -4.56. The van der Waals surface area contributed by atoms with Crippen LogP contribution in [0.2, 0.25) is 0 Å². The van der Waals surface area contributed by atoms with Crippen molar-refractivity contribution in [2.75, 3.05) is 0 Å². The van der Waals surface area contributed by atoms with Gasteiger partial charge in [0.2, 0.25) is 0 Å². The molecule has 0 aromatic heterocycles. The van der Waals surface area contributed by atoms with Crippen LogP contribution in [0.15, 0.2) is 42.5 Å². The summed E-state index contributed by atoms with van der Waals surface area (Å²) in [5, 5.41) is 0.272. The quantitative estimate of drug-likeness (QED) is 0.523. The second kappa shape index (κ2) is 5.83. The fourth-order valence-electron chi connectivity index (χ4n) is 1.67. The number of hydrogen-bond donors (Lipinski definition) is 0. The molecular formula is C14H9BrF4O. The van der Waals surface area contributed by atoms with E-state index < -0.39 is 23.3 Å². The number of hydrogen-bond acceptors (Lipinski definition) is 1. The molecule has 0 radical (unpaired) electrons. The molecule has 0 saturated carbocycles. The third-order valence-electron chi connectivity index (χ3n) is 2.60. The summed E-state index contributed by atoms with van der Waals surface area (Å²) in [5.41, 5.74) is -0.509. The average Bonchev–Trinajstić information content (AvgIpc) is 2.40. The molecule has 2 rings (SSSR count). The molecule has 0 aliphatic heterocycles. The molecule has 1 nitrogen and oxygen atoms in total. The van der Waals surface area contributed by atoms with Crippen LogP contribution in [0.25, 0.3) is 0 Å². The van der Waals surface area contributed by atoms with E-state index in [1.165, 1.54) is 18.2 Å². The molecule has 6 heteroatoms. The molecule has 0 aliphatic rings. The summed E-state index contributed by atoms with van der Waals surface area (Å²) in [4.78, 5) is 0. The Morgan fingerprint density at radius 3 is 2.35 bits per heavy atom. The van der Waals surface area contributed by atoms with Gasteiger partial charge in [-0.1, -0.05) is 40.2 Å². The molecule has 0 fully saturated rings. The fourth-order valence-corrected chi connectivity index (χ4v) is 2.11. The van der Waals surface area contributed by atoms with Gasteiger partial charge in [-0.05, 0) is 18.2 Å². The highest BCUT2D eigenvalue weighted by atomic mass is 79.9. The number of halogens is 5. The maximum absolute atomic E-state index is 13.7. The topological polar surface area (TPSA) is 9.23 Å². The number of ether oxygens (including phenoxy) is 1. The monoisotopic (exact) mass is 348 g/mol. The summed E-state index contributed by atoms with van der Waals surface area (Å²) >= 11 is 3.14. The molecule has 0 amide bonds. The van der Waals surface area contributed by atoms with E-state index in [9.17, 15) is 17.6 Å². The second-order valence-electron chi connectivity index (χ2n) is 3.96. The molecule has 0 atom stereocenters. The fraction of sp³-hybridized carbons (Fsp3) is 0.143. The van der Waals surface area contributed by atoms with Crippen LogP contribution in [0.3, 0.4) is 0 Å². The van der Waals surface area contributed by atoms with Gasteiger partial charge in [-0.3, -0.25) is 0 Å². The van der Waals surface area contributed by atoms with Gasteiger partial charge in [0.1, 0.15) is 5.75 Å². The Hall–Kier alpha value is -1.56. The van der Waals surface area contributed by atoms with Crippen molar-refractivity contribution in [2.45, 2.75) is 11.5 Å². The van der Waals surface area contributed by atoms with Crippen LogP contribution < -0.4 is 4.74 Å². The summed E-state index contributed by atoms with van der Waals surface area (Å²) in [6, 6.07) is 8.88. The first-order chi connectivity index (χ1) is 9.43. The lowest BCUT2D eigenvalue weighted by Gasteiger charge is -2.15. The van der Waals surface area contributed by atoms with E-state index in [-0.39, 0.29) is 11.1 Å². The average molecular weight is 349 g/mol. The van der Waals surface area contributed by atoms with E-state index in [0.29, 0.717) is 5.56 Å². The van der Waals surface area contributed by atoms with E-state index in [0.717, 1.165) is 18.2 Å². The SMILES string of the molecule is Fc1cccc(CBr)c1Oc1ccccc1C(F)(F)F. The first-order valence-electron chi connectivity index (χ1n) is 5.61. The predicted molar refractivity (Wildman–Crippen MR) is 70.5 cm³/mol. The van der Waals surface area contributed by atoms with Gasteiger partial charge < -0.3 is 4.74 Å². The zero-order valence-corrected chi connectivity index (χ0v) is 11.6. The van der Waals surface area contributed by atoms with Crippen molar-refractivity contribution < 1.29 is 22.3 Å². The molecule has 106 valence electrons. The highest BCUT2D eigenvalue weighted by Crippen LogP contribution is 2.39. The van der Waals surface area contributed by atoms with Gasteiger partial charge in [-0.25, -0.2) is 4.39 Å². The molecule has 0 heterocycles. The largest absolute Gasteiger partial charge is 0.453 e. The summed E-state index contributed by atoms with van der Waals surface area (Å²) in [6.45, 7) is 0. The van der Waals surface area contributed by atoms with E-state index >= 15 is 0 Å². The van der Waals surface area contributed by atoms with E-state index in [1.54, 1.807) is 6.07 Å². The number of para-hydroxylation sites is 2. The third-order valence-corrected chi connectivity index (χ3v) is 3.20. The van der Waals surface area contributed by atoms with Gasteiger partial charge in [-0.15, -0.1) is 0 Å². The Labute approximate surface area is 121 Å². The van der Waals surface area contributed by atoms with Gasteiger partial charge in [0.05, 0.1) is 5.56 Å². The van der Waals surface area contributed by atoms with Crippen LogP contribution in [0.4, 0.5) is 17.6 Å². The second-order valence-corrected chi connectivity index (χ2v) is 4.52. The van der Waals surface area contributed by atoms with Crippen LogP contribution in [-0.2, 0) is 11.5 Å². The highest BCUT2D eigenvalue weighted by Gasteiger charge is 2.34. The van der Waals surface area contributed by atoms with Crippen molar-refractivity contribution in [3.05, 3.63) is 59.4 Å². The Morgan fingerprint density at radius 2 is 1.70 bits per heavy atom. The Kier molecular flexibility index (Phi) is 4.32. The van der Waals surface area contributed by atoms with Gasteiger partial charge >= 0.3 is 6.18 Å². The zero-order valence-electron chi connectivity index (χ0n) is 10.0. The van der Waals surface area contributed by atoms with Crippen molar-refractivity contribution in [1.82, 2.24) is 0 Å². The van der Waals surface area contributed by atoms with E-state index in [4.69, 9.17) is 4.74 Å². The van der Waals surface area contributed by atoms with E-state index in [2.05, 4.69) is 15.9 Å². The number of alkyl halides is 4. The number of rotatable bonds is 3. The van der Waals surface area contributed by atoms with Crippen LogP contribution in [0.5, 0.6) is 11.5 Å². The Morgan fingerprint density at radius 1 is 1.00 bits per heavy atom. The zero-order chi connectivity index (χ0) is 14.8. The van der Waals surface area contributed by atoms with Gasteiger partial charge in [0, 0.05) is 10.9 Å². The predicted octanol–water partition coefficient (Wildman–Crippen LogP) is 5.53. The maximum atomic E-state index is 13.7. The van der Waals surface area contributed by atoms with E-state index in [1.807, 2.05) is 0 Å². The van der Waals surface area contributed by atoms with Crippen LogP contribution >= 0.6 is 15.9 Å². The van der Waals surface area contributed by atoms with Crippen LogP contribution in [-0.4, -0.2) is 0 Å². The first kappa shape index (κ1) is 14.8. The van der Waals surface area contributed by atoms with Crippen molar-refractivity contribution in [1.29, 1.82) is 0 Å². The molecule has 0 N–H and O–H groups in total. The maximum Gasteiger partial charge on any atom is 0.419 e. The lowest BCUT2D eigenvalue weighted by atomic mass is 10.2. The van der Waals surface area contributed by atoms with Gasteiger partial charge in [0.25, 0.3) is 0 Å². The number of benzene rings is 2. The Balaban J connectivity index is 2.46. The lowest BCUT2D eigenvalue weighted by molar-refractivity contribution is -0.138. The van der Waals surface area contributed by atoms with Gasteiger partial charge in [0.15, 0.2) is 11.6 Å².